The minimum atomic E-state index is -0.305. The summed E-state index contributed by atoms with van der Waals surface area (Å²) in [6.45, 7) is 1.06. The van der Waals surface area contributed by atoms with Crippen molar-refractivity contribution >= 4 is 15.9 Å². The molecule has 94 valence electrons. The van der Waals surface area contributed by atoms with E-state index in [9.17, 15) is 4.39 Å². The summed E-state index contributed by atoms with van der Waals surface area (Å²) < 4.78 is 19.4. The smallest absolute Gasteiger partial charge is 0.179 e. The molecule has 1 fully saturated rings. The van der Waals surface area contributed by atoms with Gasteiger partial charge in [-0.1, -0.05) is 12.5 Å². The minimum Gasteiger partial charge on any atom is -0.493 e. The Morgan fingerprint density at radius 1 is 1.47 bits per heavy atom. The highest BCUT2D eigenvalue weighted by Crippen LogP contribution is 2.30. The number of piperidine rings is 1. The molecule has 0 aromatic heterocycles. The molecule has 1 heterocycles. The summed E-state index contributed by atoms with van der Waals surface area (Å²) in [7, 11) is 1.52. The lowest BCUT2D eigenvalue weighted by Gasteiger charge is -2.24. The molecule has 17 heavy (non-hydrogen) atoms. The summed E-state index contributed by atoms with van der Waals surface area (Å²) in [6, 6.07) is 4.12. The molecule has 0 saturated carbocycles. The first-order valence-electron chi connectivity index (χ1n) is 5.96. The molecule has 1 aromatic carbocycles. The van der Waals surface area contributed by atoms with Crippen LogP contribution in [0.1, 0.15) is 24.8 Å². The van der Waals surface area contributed by atoms with Crippen molar-refractivity contribution in [2.75, 3.05) is 13.7 Å². The molecule has 1 unspecified atom stereocenters. The monoisotopic (exact) mass is 301 g/mol. The van der Waals surface area contributed by atoms with Gasteiger partial charge in [-0.25, -0.2) is 4.39 Å². The summed E-state index contributed by atoms with van der Waals surface area (Å²) in [4.78, 5) is 0. The van der Waals surface area contributed by atoms with E-state index in [-0.39, 0.29) is 5.82 Å². The van der Waals surface area contributed by atoms with Gasteiger partial charge in [0.15, 0.2) is 11.6 Å². The van der Waals surface area contributed by atoms with Crippen LogP contribution < -0.4 is 10.1 Å². The number of nitrogens with one attached hydrogen (secondary N) is 1. The van der Waals surface area contributed by atoms with Crippen molar-refractivity contribution < 1.29 is 9.13 Å². The van der Waals surface area contributed by atoms with Gasteiger partial charge < -0.3 is 10.1 Å². The first-order chi connectivity index (χ1) is 8.22. The van der Waals surface area contributed by atoms with E-state index >= 15 is 0 Å². The molecule has 4 heteroatoms. The third kappa shape index (κ3) is 2.99. The van der Waals surface area contributed by atoms with Crippen molar-refractivity contribution in [3.05, 3.63) is 28.0 Å². The van der Waals surface area contributed by atoms with E-state index in [4.69, 9.17) is 4.74 Å². The van der Waals surface area contributed by atoms with Crippen molar-refractivity contribution in [3.63, 3.8) is 0 Å². The van der Waals surface area contributed by atoms with Crippen molar-refractivity contribution in [1.82, 2.24) is 5.32 Å². The number of rotatable bonds is 3. The predicted molar refractivity (Wildman–Crippen MR) is 70.0 cm³/mol. The van der Waals surface area contributed by atoms with Crippen molar-refractivity contribution in [2.45, 2.75) is 31.7 Å². The molecular weight excluding hydrogens is 285 g/mol. The third-order valence-corrected chi connectivity index (χ3v) is 3.83. The number of hydrogen-bond acceptors (Lipinski definition) is 2. The Hall–Kier alpha value is -0.610. The van der Waals surface area contributed by atoms with Gasteiger partial charge in [0.1, 0.15) is 0 Å². The number of methoxy groups -OCH3 is 1. The highest BCUT2D eigenvalue weighted by atomic mass is 79.9. The fraction of sp³-hybridized carbons (Fsp3) is 0.538. The van der Waals surface area contributed by atoms with Crippen LogP contribution in [0.2, 0.25) is 0 Å². The molecule has 1 atom stereocenters. The van der Waals surface area contributed by atoms with Crippen LogP contribution in [0.4, 0.5) is 4.39 Å². The zero-order valence-corrected chi connectivity index (χ0v) is 11.5. The third-order valence-electron chi connectivity index (χ3n) is 3.21. The predicted octanol–water partition coefficient (Wildman–Crippen LogP) is 3.28. The molecule has 0 bridgehead atoms. The molecular formula is C13H17BrFNO. The van der Waals surface area contributed by atoms with E-state index in [0.29, 0.717) is 16.3 Å². The second-order valence-electron chi connectivity index (χ2n) is 4.40. The molecule has 0 spiro atoms. The lowest BCUT2D eigenvalue weighted by atomic mass is 9.97. The van der Waals surface area contributed by atoms with Crippen molar-refractivity contribution in [2.24, 2.45) is 0 Å². The van der Waals surface area contributed by atoms with E-state index in [1.165, 1.54) is 20.0 Å². The van der Waals surface area contributed by atoms with Crippen LogP contribution in [0.15, 0.2) is 16.6 Å². The maximum Gasteiger partial charge on any atom is 0.179 e. The highest BCUT2D eigenvalue weighted by molar-refractivity contribution is 9.10. The maximum absolute atomic E-state index is 13.8. The van der Waals surface area contributed by atoms with Gasteiger partial charge in [0.05, 0.1) is 11.6 Å². The Balaban J connectivity index is 2.17. The van der Waals surface area contributed by atoms with Crippen molar-refractivity contribution in [3.8, 4) is 5.75 Å². The quantitative estimate of drug-likeness (QED) is 0.925. The van der Waals surface area contributed by atoms with E-state index in [1.54, 1.807) is 6.07 Å². The first-order valence-corrected chi connectivity index (χ1v) is 6.76. The first kappa shape index (κ1) is 12.8. The van der Waals surface area contributed by atoms with Gasteiger partial charge in [-0.15, -0.1) is 0 Å². The number of ether oxygens (including phenoxy) is 1. The van der Waals surface area contributed by atoms with Crippen LogP contribution in [-0.4, -0.2) is 19.7 Å². The van der Waals surface area contributed by atoms with Crippen LogP contribution in [0.3, 0.4) is 0 Å². The minimum absolute atomic E-state index is 0.305. The maximum atomic E-state index is 13.8. The van der Waals surface area contributed by atoms with Crippen LogP contribution in [-0.2, 0) is 6.42 Å². The molecule has 1 aliphatic rings. The Labute approximate surface area is 110 Å². The molecule has 1 aliphatic heterocycles. The SMILES string of the molecule is COc1c(CC2CCCCN2)ccc(Br)c1F. The van der Waals surface area contributed by atoms with Gasteiger partial charge in [-0.2, -0.15) is 0 Å². The molecule has 0 radical (unpaired) electrons. The van der Waals surface area contributed by atoms with E-state index in [0.717, 1.165) is 24.9 Å². The lowest BCUT2D eigenvalue weighted by Crippen LogP contribution is -2.35. The zero-order chi connectivity index (χ0) is 12.3. The van der Waals surface area contributed by atoms with Crippen LogP contribution in [0.25, 0.3) is 0 Å². The lowest BCUT2D eigenvalue weighted by molar-refractivity contribution is 0.365. The second-order valence-corrected chi connectivity index (χ2v) is 5.26. The number of benzene rings is 1. The molecule has 2 nitrogen and oxygen atoms in total. The standard InChI is InChI=1S/C13H17BrFNO/c1-17-13-9(5-6-11(14)12(13)15)8-10-4-2-3-7-16-10/h5-6,10,16H,2-4,7-8H2,1H3. The average Bonchev–Trinajstić information content (AvgIpc) is 2.36. The van der Waals surface area contributed by atoms with E-state index in [2.05, 4.69) is 21.2 Å². The Kier molecular flexibility index (Phi) is 4.40. The van der Waals surface area contributed by atoms with Gasteiger partial charge in [-0.3, -0.25) is 0 Å². The summed E-state index contributed by atoms with van der Waals surface area (Å²) in [5, 5.41) is 3.46. The van der Waals surface area contributed by atoms with Gasteiger partial charge in [0, 0.05) is 6.04 Å². The van der Waals surface area contributed by atoms with Gasteiger partial charge >= 0.3 is 0 Å². The van der Waals surface area contributed by atoms with E-state index < -0.39 is 0 Å². The van der Waals surface area contributed by atoms with Gasteiger partial charge in [0.2, 0.25) is 0 Å². The van der Waals surface area contributed by atoms with Crippen LogP contribution >= 0.6 is 15.9 Å². The molecule has 0 amide bonds. The summed E-state index contributed by atoms with van der Waals surface area (Å²) in [5.74, 6) is 0.0626. The summed E-state index contributed by atoms with van der Waals surface area (Å²) in [5.41, 5.74) is 0.938. The number of halogens is 2. The largest absolute Gasteiger partial charge is 0.493 e. The molecule has 2 rings (SSSR count). The fourth-order valence-electron chi connectivity index (χ4n) is 2.32. The molecule has 0 aliphatic carbocycles. The Morgan fingerprint density at radius 3 is 2.94 bits per heavy atom. The topological polar surface area (TPSA) is 21.3 Å². The van der Waals surface area contributed by atoms with E-state index in [1.807, 2.05) is 6.07 Å². The molecule has 1 N–H and O–H groups in total. The fourth-order valence-corrected chi connectivity index (χ4v) is 2.63. The highest BCUT2D eigenvalue weighted by Gasteiger charge is 2.18. The van der Waals surface area contributed by atoms with Crippen molar-refractivity contribution in [1.29, 1.82) is 0 Å². The van der Waals surface area contributed by atoms with Crippen LogP contribution in [0, 0.1) is 5.82 Å². The van der Waals surface area contributed by atoms with Gasteiger partial charge in [0.25, 0.3) is 0 Å². The number of hydrogen-bond donors (Lipinski definition) is 1. The Bertz CT molecular complexity index is 391. The normalized spacial score (nSPS) is 20.3. The second kappa shape index (κ2) is 5.83. The zero-order valence-electron chi connectivity index (χ0n) is 9.93. The van der Waals surface area contributed by atoms with Gasteiger partial charge in [-0.05, 0) is 53.4 Å². The average molecular weight is 302 g/mol. The van der Waals surface area contributed by atoms with Crippen LogP contribution in [0.5, 0.6) is 5.75 Å². The summed E-state index contributed by atoms with van der Waals surface area (Å²) >= 11 is 3.18. The molecule has 1 aromatic rings. The summed E-state index contributed by atoms with van der Waals surface area (Å²) in [6.07, 6.45) is 4.47. The molecule has 1 saturated heterocycles. The Morgan fingerprint density at radius 2 is 2.29 bits per heavy atom.